The van der Waals surface area contributed by atoms with Crippen molar-refractivity contribution >= 4 is 5.91 Å². The van der Waals surface area contributed by atoms with Crippen LogP contribution in [0.3, 0.4) is 0 Å². The van der Waals surface area contributed by atoms with E-state index in [1.54, 1.807) is 0 Å². The van der Waals surface area contributed by atoms with E-state index in [0.29, 0.717) is 31.7 Å². The number of carbonyl (C=O) groups is 1. The number of ether oxygens (including phenoxy) is 3. The number of piperidine rings is 1. The summed E-state index contributed by atoms with van der Waals surface area (Å²) >= 11 is 0. The zero-order valence-corrected chi connectivity index (χ0v) is 16.5. The Labute approximate surface area is 171 Å². The summed E-state index contributed by atoms with van der Waals surface area (Å²) in [5, 5.41) is 10.1. The van der Waals surface area contributed by atoms with Gasteiger partial charge in [-0.25, -0.2) is 0 Å². The standard InChI is InChI=1S/C23H27NO5/c25-16-23(10-12-27-19-5-2-1-3-6-19)9-4-11-24(15-23)22(26)14-18-7-8-20-21(13-18)29-17-28-20/h1-3,5-8,13,25H,4,9-12,14-17H2/t23-/m1/s1. The molecule has 2 aromatic rings. The maximum Gasteiger partial charge on any atom is 0.231 e. The maximum absolute atomic E-state index is 12.9. The minimum absolute atomic E-state index is 0.0545. The molecular weight excluding hydrogens is 370 g/mol. The number of hydrogen-bond acceptors (Lipinski definition) is 5. The molecule has 0 radical (unpaired) electrons. The Morgan fingerprint density at radius 3 is 2.79 bits per heavy atom. The molecule has 0 aromatic heterocycles. The minimum atomic E-state index is -0.308. The second-order valence-electron chi connectivity index (χ2n) is 7.85. The molecule has 6 nitrogen and oxygen atoms in total. The summed E-state index contributed by atoms with van der Waals surface area (Å²) in [5.74, 6) is 2.31. The van der Waals surface area contributed by atoms with Gasteiger partial charge in [-0.1, -0.05) is 24.3 Å². The van der Waals surface area contributed by atoms with Crippen LogP contribution in [0.1, 0.15) is 24.8 Å². The summed E-state index contributed by atoms with van der Waals surface area (Å²) in [7, 11) is 0. The molecule has 1 N–H and O–H groups in total. The van der Waals surface area contributed by atoms with Crippen molar-refractivity contribution in [1.29, 1.82) is 0 Å². The van der Waals surface area contributed by atoms with E-state index in [-0.39, 0.29) is 24.7 Å². The number of amides is 1. The Bertz CT molecular complexity index is 840. The van der Waals surface area contributed by atoms with Gasteiger partial charge in [0.15, 0.2) is 11.5 Å². The van der Waals surface area contributed by atoms with Crippen LogP contribution < -0.4 is 14.2 Å². The largest absolute Gasteiger partial charge is 0.494 e. The highest BCUT2D eigenvalue weighted by atomic mass is 16.7. The summed E-state index contributed by atoms with van der Waals surface area (Å²) < 4.78 is 16.6. The Morgan fingerprint density at radius 2 is 1.97 bits per heavy atom. The average molecular weight is 397 g/mol. The molecule has 2 aromatic carbocycles. The first-order valence-corrected chi connectivity index (χ1v) is 10.1. The number of aliphatic hydroxyl groups is 1. The molecule has 154 valence electrons. The Balaban J connectivity index is 1.34. The van der Waals surface area contributed by atoms with Crippen molar-refractivity contribution in [3.63, 3.8) is 0 Å². The fourth-order valence-electron chi connectivity index (χ4n) is 4.07. The van der Waals surface area contributed by atoms with Gasteiger partial charge in [0.05, 0.1) is 19.6 Å². The second-order valence-corrected chi connectivity index (χ2v) is 7.85. The summed E-state index contributed by atoms with van der Waals surface area (Å²) in [4.78, 5) is 14.8. The number of aliphatic hydroxyl groups excluding tert-OH is 1. The quantitative estimate of drug-likeness (QED) is 0.778. The Kier molecular flexibility index (Phi) is 5.90. The van der Waals surface area contributed by atoms with Gasteiger partial charge in [-0.2, -0.15) is 0 Å². The lowest BCUT2D eigenvalue weighted by Crippen LogP contribution is -2.49. The van der Waals surface area contributed by atoms with E-state index < -0.39 is 0 Å². The van der Waals surface area contributed by atoms with Crippen molar-refractivity contribution in [3.05, 3.63) is 54.1 Å². The van der Waals surface area contributed by atoms with Gasteiger partial charge in [0, 0.05) is 18.5 Å². The van der Waals surface area contributed by atoms with E-state index in [0.717, 1.165) is 36.4 Å². The van der Waals surface area contributed by atoms with Crippen molar-refractivity contribution in [1.82, 2.24) is 4.90 Å². The number of fused-ring (bicyclic) bond motifs is 1. The summed E-state index contributed by atoms with van der Waals surface area (Å²) in [6.07, 6.45) is 2.82. The highest BCUT2D eigenvalue weighted by molar-refractivity contribution is 5.79. The van der Waals surface area contributed by atoms with Crippen LogP contribution in [0.5, 0.6) is 17.2 Å². The summed E-state index contributed by atoms with van der Waals surface area (Å²) in [5.41, 5.74) is 0.601. The maximum atomic E-state index is 12.9. The predicted molar refractivity (Wildman–Crippen MR) is 108 cm³/mol. The normalized spacial score (nSPS) is 20.5. The van der Waals surface area contributed by atoms with E-state index in [4.69, 9.17) is 14.2 Å². The number of para-hydroxylation sites is 1. The molecule has 4 rings (SSSR count). The molecule has 1 fully saturated rings. The van der Waals surface area contributed by atoms with Crippen molar-refractivity contribution < 1.29 is 24.1 Å². The second kappa shape index (κ2) is 8.74. The molecule has 2 aliphatic rings. The molecule has 1 saturated heterocycles. The van der Waals surface area contributed by atoms with Gasteiger partial charge in [0.1, 0.15) is 5.75 Å². The fourth-order valence-corrected chi connectivity index (χ4v) is 4.07. The third kappa shape index (κ3) is 4.65. The zero-order valence-electron chi connectivity index (χ0n) is 16.5. The van der Waals surface area contributed by atoms with E-state index >= 15 is 0 Å². The fraction of sp³-hybridized carbons (Fsp3) is 0.435. The van der Waals surface area contributed by atoms with E-state index in [2.05, 4.69) is 0 Å². The lowest BCUT2D eigenvalue weighted by atomic mass is 9.78. The Morgan fingerprint density at radius 1 is 1.14 bits per heavy atom. The van der Waals surface area contributed by atoms with Crippen molar-refractivity contribution in [2.24, 2.45) is 5.41 Å². The van der Waals surface area contributed by atoms with Crippen LogP contribution in [0.25, 0.3) is 0 Å². The number of likely N-dealkylation sites (tertiary alicyclic amines) is 1. The van der Waals surface area contributed by atoms with Gasteiger partial charge in [-0.3, -0.25) is 4.79 Å². The summed E-state index contributed by atoms with van der Waals surface area (Å²) in [6.45, 7) is 2.09. The van der Waals surface area contributed by atoms with Crippen LogP contribution >= 0.6 is 0 Å². The van der Waals surface area contributed by atoms with Crippen LogP contribution in [0.4, 0.5) is 0 Å². The SMILES string of the molecule is O=C(Cc1ccc2c(c1)OCO2)N1CCC[C@@](CO)(CCOc2ccccc2)C1. The van der Waals surface area contributed by atoms with Crippen LogP contribution in [0.2, 0.25) is 0 Å². The molecule has 0 spiro atoms. The first-order chi connectivity index (χ1) is 14.2. The molecule has 6 heteroatoms. The Hall–Kier alpha value is -2.73. The molecule has 1 atom stereocenters. The zero-order chi connectivity index (χ0) is 20.1. The third-order valence-electron chi connectivity index (χ3n) is 5.79. The first kappa shape index (κ1) is 19.6. The van der Waals surface area contributed by atoms with Gasteiger partial charge < -0.3 is 24.2 Å². The van der Waals surface area contributed by atoms with Gasteiger partial charge in [-0.05, 0) is 49.1 Å². The lowest BCUT2D eigenvalue weighted by molar-refractivity contribution is -0.135. The highest BCUT2D eigenvalue weighted by Crippen LogP contribution is 2.35. The monoisotopic (exact) mass is 397 g/mol. The predicted octanol–water partition coefficient (Wildman–Crippen LogP) is 3.03. The number of hydrogen-bond donors (Lipinski definition) is 1. The third-order valence-corrected chi connectivity index (χ3v) is 5.79. The molecule has 0 aliphatic carbocycles. The van der Waals surface area contributed by atoms with E-state index in [1.165, 1.54) is 0 Å². The number of rotatable bonds is 7. The van der Waals surface area contributed by atoms with Crippen molar-refractivity contribution in [2.45, 2.75) is 25.7 Å². The molecule has 2 heterocycles. The molecule has 1 amide bonds. The average Bonchev–Trinajstić information content (AvgIpc) is 3.22. The van der Waals surface area contributed by atoms with E-state index in [1.807, 2.05) is 53.4 Å². The number of nitrogens with zero attached hydrogens (tertiary/aromatic N) is 1. The molecule has 2 aliphatic heterocycles. The molecule has 29 heavy (non-hydrogen) atoms. The highest BCUT2D eigenvalue weighted by Gasteiger charge is 2.36. The molecular formula is C23H27NO5. The topological polar surface area (TPSA) is 68.2 Å². The van der Waals surface area contributed by atoms with Crippen LogP contribution in [0, 0.1) is 5.41 Å². The van der Waals surface area contributed by atoms with E-state index in [9.17, 15) is 9.90 Å². The number of carbonyl (C=O) groups excluding carboxylic acids is 1. The molecule has 0 bridgehead atoms. The van der Waals surface area contributed by atoms with Gasteiger partial charge in [0.25, 0.3) is 0 Å². The van der Waals surface area contributed by atoms with Crippen LogP contribution in [0.15, 0.2) is 48.5 Å². The summed E-state index contributed by atoms with van der Waals surface area (Å²) in [6, 6.07) is 15.3. The number of benzene rings is 2. The van der Waals surface area contributed by atoms with Crippen molar-refractivity contribution in [3.8, 4) is 17.2 Å². The lowest BCUT2D eigenvalue weighted by Gasteiger charge is -2.42. The van der Waals surface area contributed by atoms with Gasteiger partial charge in [0.2, 0.25) is 12.7 Å². The molecule has 0 saturated carbocycles. The molecule has 0 unspecified atom stereocenters. The van der Waals surface area contributed by atoms with Gasteiger partial charge in [-0.15, -0.1) is 0 Å². The first-order valence-electron chi connectivity index (χ1n) is 10.1. The van der Waals surface area contributed by atoms with Gasteiger partial charge >= 0.3 is 0 Å². The van der Waals surface area contributed by atoms with Crippen LogP contribution in [-0.2, 0) is 11.2 Å². The van der Waals surface area contributed by atoms with Crippen molar-refractivity contribution in [2.75, 3.05) is 33.1 Å². The minimum Gasteiger partial charge on any atom is -0.494 e. The smallest absolute Gasteiger partial charge is 0.231 e. The van der Waals surface area contributed by atoms with Crippen LogP contribution in [-0.4, -0.2) is 49.0 Å².